The third-order valence-electron chi connectivity index (χ3n) is 2.77. The number of pyridine rings is 1. The van der Waals surface area contributed by atoms with Crippen LogP contribution in [0.4, 0.5) is 11.5 Å². The van der Waals surface area contributed by atoms with Crippen LogP contribution >= 0.6 is 0 Å². The molecule has 0 atom stereocenters. The van der Waals surface area contributed by atoms with Gasteiger partial charge >= 0.3 is 0 Å². The molecule has 1 amide bonds. The molecule has 0 saturated heterocycles. The lowest BCUT2D eigenvalue weighted by molar-refractivity contribution is 0.102. The molecule has 4 nitrogen and oxygen atoms in total. The van der Waals surface area contributed by atoms with E-state index in [2.05, 4.69) is 22.2 Å². The Bertz CT molecular complexity index is 588. The molecule has 0 unspecified atom stereocenters. The molecule has 0 bridgehead atoms. The van der Waals surface area contributed by atoms with Crippen LogP contribution in [-0.4, -0.2) is 17.4 Å². The summed E-state index contributed by atoms with van der Waals surface area (Å²) in [6.45, 7) is 6.29. The summed E-state index contributed by atoms with van der Waals surface area (Å²) in [5, 5.41) is 5.88. The van der Waals surface area contributed by atoms with Crippen molar-refractivity contribution in [2.45, 2.75) is 6.92 Å². The second kappa shape index (κ2) is 6.52. The first-order valence-electron chi connectivity index (χ1n) is 6.38. The summed E-state index contributed by atoms with van der Waals surface area (Å²) in [6.07, 6.45) is 3.45. The van der Waals surface area contributed by atoms with Gasteiger partial charge in [0.2, 0.25) is 0 Å². The molecule has 0 saturated carbocycles. The van der Waals surface area contributed by atoms with Gasteiger partial charge in [0.25, 0.3) is 5.91 Å². The molecular formula is C16H17N3O. The largest absolute Gasteiger partial charge is 0.380 e. The van der Waals surface area contributed by atoms with E-state index in [4.69, 9.17) is 0 Å². The molecule has 2 aromatic rings. The number of carbonyl (C=O) groups is 1. The van der Waals surface area contributed by atoms with Gasteiger partial charge in [0.1, 0.15) is 5.82 Å². The highest BCUT2D eigenvalue weighted by Crippen LogP contribution is 2.11. The van der Waals surface area contributed by atoms with Gasteiger partial charge in [0, 0.05) is 12.1 Å². The van der Waals surface area contributed by atoms with E-state index in [1.54, 1.807) is 30.5 Å². The molecule has 102 valence electrons. The van der Waals surface area contributed by atoms with Gasteiger partial charge in [-0.2, -0.15) is 0 Å². The Hall–Kier alpha value is -2.62. The standard InChI is InChI=1S/C16H17N3O/c1-3-10-17-14-8-9-15(18-11-14)19-16(20)13-6-4-12(2)5-7-13/h3-9,11,17H,1,10H2,2H3,(H,18,19,20). The van der Waals surface area contributed by atoms with Crippen LogP contribution in [0.25, 0.3) is 0 Å². The number of benzene rings is 1. The first kappa shape index (κ1) is 13.8. The van der Waals surface area contributed by atoms with Crippen LogP contribution in [0.15, 0.2) is 55.3 Å². The summed E-state index contributed by atoms with van der Waals surface area (Å²) in [5.41, 5.74) is 2.63. The minimum absolute atomic E-state index is 0.163. The van der Waals surface area contributed by atoms with Gasteiger partial charge in [-0.05, 0) is 31.2 Å². The lowest BCUT2D eigenvalue weighted by Crippen LogP contribution is -2.12. The van der Waals surface area contributed by atoms with Crippen molar-refractivity contribution in [1.82, 2.24) is 4.98 Å². The molecule has 1 aromatic carbocycles. The number of anilines is 2. The van der Waals surface area contributed by atoms with E-state index in [-0.39, 0.29) is 5.91 Å². The summed E-state index contributed by atoms with van der Waals surface area (Å²) in [7, 11) is 0. The Morgan fingerprint density at radius 2 is 2.00 bits per heavy atom. The maximum atomic E-state index is 12.0. The van der Waals surface area contributed by atoms with Crippen molar-refractivity contribution in [3.63, 3.8) is 0 Å². The maximum absolute atomic E-state index is 12.0. The lowest BCUT2D eigenvalue weighted by Gasteiger charge is -2.06. The number of nitrogens with one attached hydrogen (secondary N) is 2. The van der Waals surface area contributed by atoms with Crippen LogP contribution in [0.2, 0.25) is 0 Å². The normalized spacial score (nSPS) is 9.85. The molecule has 2 N–H and O–H groups in total. The SMILES string of the molecule is C=CCNc1ccc(NC(=O)c2ccc(C)cc2)nc1. The van der Waals surface area contributed by atoms with Crippen molar-refractivity contribution in [3.8, 4) is 0 Å². The predicted molar refractivity (Wildman–Crippen MR) is 82.1 cm³/mol. The molecule has 1 heterocycles. The second-order valence-electron chi connectivity index (χ2n) is 4.42. The number of amides is 1. The molecular weight excluding hydrogens is 250 g/mol. The van der Waals surface area contributed by atoms with E-state index >= 15 is 0 Å². The number of hydrogen-bond donors (Lipinski definition) is 2. The highest BCUT2D eigenvalue weighted by atomic mass is 16.1. The zero-order chi connectivity index (χ0) is 14.4. The number of aromatic nitrogens is 1. The van der Waals surface area contributed by atoms with E-state index in [0.717, 1.165) is 11.3 Å². The van der Waals surface area contributed by atoms with Crippen LogP contribution in [0.3, 0.4) is 0 Å². The molecule has 0 aliphatic carbocycles. The van der Waals surface area contributed by atoms with Gasteiger partial charge in [-0.1, -0.05) is 23.8 Å². The smallest absolute Gasteiger partial charge is 0.256 e. The Morgan fingerprint density at radius 1 is 1.25 bits per heavy atom. The number of carbonyl (C=O) groups excluding carboxylic acids is 1. The summed E-state index contributed by atoms with van der Waals surface area (Å²) in [5.74, 6) is 0.365. The van der Waals surface area contributed by atoms with Crippen LogP contribution in [0, 0.1) is 6.92 Å². The molecule has 20 heavy (non-hydrogen) atoms. The highest BCUT2D eigenvalue weighted by molar-refractivity contribution is 6.03. The van der Waals surface area contributed by atoms with Crippen molar-refractivity contribution < 1.29 is 4.79 Å². The molecule has 0 radical (unpaired) electrons. The first-order chi connectivity index (χ1) is 9.69. The van der Waals surface area contributed by atoms with Gasteiger partial charge in [-0.25, -0.2) is 4.98 Å². The molecule has 0 aliphatic heterocycles. The van der Waals surface area contributed by atoms with Gasteiger partial charge in [-0.15, -0.1) is 6.58 Å². The molecule has 0 aliphatic rings. The van der Waals surface area contributed by atoms with E-state index in [1.165, 1.54) is 0 Å². The quantitative estimate of drug-likeness (QED) is 0.818. The van der Waals surface area contributed by atoms with Gasteiger partial charge < -0.3 is 10.6 Å². The summed E-state index contributed by atoms with van der Waals surface area (Å²) in [6, 6.07) is 11.0. The fraction of sp³-hybridized carbons (Fsp3) is 0.125. The highest BCUT2D eigenvalue weighted by Gasteiger charge is 2.06. The molecule has 0 spiro atoms. The summed E-state index contributed by atoms with van der Waals surface area (Å²) >= 11 is 0. The van der Waals surface area contributed by atoms with E-state index in [9.17, 15) is 4.79 Å². The predicted octanol–water partition coefficient (Wildman–Crippen LogP) is 3.24. The van der Waals surface area contributed by atoms with Crippen LogP contribution in [-0.2, 0) is 0 Å². The molecule has 0 fully saturated rings. The Kier molecular flexibility index (Phi) is 4.50. The number of rotatable bonds is 5. The van der Waals surface area contributed by atoms with E-state index in [1.807, 2.05) is 25.1 Å². The number of aryl methyl sites for hydroxylation is 1. The lowest BCUT2D eigenvalue weighted by atomic mass is 10.1. The van der Waals surface area contributed by atoms with Crippen molar-refractivity contribution in [2.24, 2.45) is 0 Å². The van der Waals surface area contributed by atoms with Crippen molar-refractivity contribution in [3.05, 3.63) is 66.4 Å². The molecule has 1 aromatic heterocycles. The topological polar surface area (TPSA) is 54.0 Å². The Balaban J connectivity index is 2.00. The van der Waals surface area contributed by atoms with Crippen LogP contribution in [0.1, 0.15) is 15.9 Å². The maximum Gasteiger partial charge on any atom is 0.256 e. The van der Waals surface area contributed by atoms with Crippen molar-refractivity contribution in [2.75, 3.05) is 17.2 Å². The zero-order valence-electron chi connectivity index (χ0n) is 11.4. The average Bonchev–Trinajstić information content (AvgIpc) is 2.47. The minimum Gasteiger partial charge on any atom is -0.380 e. The minimum atomic E-state index is -0.163. The third-order valence-corrected chi connectivity index (χ3v) is 2.77. The van der Waals surface area contributed by atoms with Crippen molar-refractivity contribution >= 4 is 17.4 Å². The van der Waals surface area contributed by atoms with Crippen LogP contribution < -0.4 is 10.6 Å². The molecule has 2 rings (SSSR count). The fourth-order valence-corrected chi connectivity index (χ4v) is 1.66. The summed E-state index contributed by atoms with van der Waals surface area (Å²) < 4.78 is 0. The Morgan fingerprint density at radius 3 is 2.60 bits per heavy atom. The average molecular weight is 267 g/mol. The monoisotopic (exact) mass is 267 g/mol. The summed E-state index contributed by atoms with van der Waals surface area (Å²) in [4.78, 5) is 16.2. The number of hydrogen-bond acceptors (Lipinski definition) is 3. The fourth-order valence-electron chi connectivity index (χ4n) is 1.66. The molecule has 4 heteroatoms. The Labute approximate surface area is 118 Å². The van der Waals surface area contributed by atoms with Gasteiger partial charge in [0.05, 0.1) is 11.9 Å². The van der Waals surface area contributed by atoms with E-state index in [0.29, 0.717) is 17.9 Å². The first-order valence-corrected chi connectivity index (χ1v) is 6.38. The zero-order valence-corrected chi connectivity index (χ0v) is 11.4. The second-order valence-corrected chi connectivity index (χ2v) is 4.42. The van der Waals surface area contributed by atoms with E-state index < -0.39 is 0 Å². The van der Waals surface area contributed by atoms with Gasteiger partial charge in [-0.3, -0.25) is 4.79 Å². The van der Waals surface area contributed by atoms with Crippen LogP contribution in [0.5, 0.6) is 0 Å². The third kappa shape index (κ3) is 3.68. The number of nitrogens with zero attached hydrogens (tertiary/aromatic N) is 1. The van der Waals surface area contributed by atoms with Gasteiger partial charge in [0.15, 0.2) is 0 Å². The van der Waals surface area contributed by atoms with Crippen molar-refractivity contribution in [1.29, 1.82) is 0 Å².